The van der Waals surface area contributed by atoms with Crippen LogP contribution in [0, 0.1) is 5.82 Å². The lowest BCUT2D eigenvalue weighted by molar-refractivity contribution is 0.0852. The second-order valence-electron chi connectivity index (χ2n) is 8.28. The highest BCUT2D eigenvalue weighted by Crippen LogP contribution is 2.24. The first kappa shape index (κ1) is 18.6. The van der Waals surface area contributed by atoms with E-state index in [0.29, 0.717) is 6.04 Å². The van der Waals surface area contributed by atoms with Crippen LogP contribution in [-0.2, 0) is 6.54 Å². The van der Waals surface area contributed by atoms with Gasteiger partial charge in [-0.15, -0.1) is 0 Å². The van der Waals surface area contributed by atoms with Gasteiger partial charge < -0.3 is 9.32 Å². The highest BCUT2D eigenvalue weighted by molar-refractivity contribution is 5.77. The molecule has 2 aliphatic heterocycles. The third kappa shape index (κ3) is 4.16. The largest absolute Gasteiger partial charge is 0.460 e. The molecule has 2 aliphatic rings. The van der Waals surface area contributed by atoms with Crippen molar-refractivity contribution in [2.24, 2.45) is 0 Å². The minimum absolute atomic E-state index is 0.167. The number of halogens is 1. The maximum Gasteiger partial charge on any atom is 0.134 e. The fourth-order valence-electron chi connectivity index (χ4n) is 4.81. The fraction of sp³-hybridized carbons (Fsp3) is 0.417. The van der Waals surface area contributed by atoms with Gasteiger partial charge >= 0.3 is 0 Å². The molecule has 0 radical (unpaired) electrons. The molecule has 4 nitrogen and oxygen atoms in total. The number of likely N-dealkylation sites (tertiary alicyclic amines) is 1. The molecule has 0 unspecified atom stereocenters. The third-order valence-corrected chi connectivity index (χ3v) is 6.36. The van der Waals surface area contributed by atoms with Gasteiger partial charge in [-0.25, -0.2) is 4.39 Å². The Morgan fingerprint density at radius 2 is 1.72 bits per heavy atom. The van der Waals surface area contributed by atoms with E-state index in [1.165, 1.54) is 18.2 Å². The maximum absolute atomic E-state index is 13.2. The zero-order valence-electron chi connectivity index (χ0n) is 16.8. The Kier molecular flexibility index (Phi) is 5.25. The first-order valence-electron chi connectivity index (χ1n) is 10.7. The van der Waals surface area contributed by atoms with Gasteiger partial charge in [0.15, 0.2) is 0 Å². The zero-order chi connectivity index (χ0) is 19.6. The van der Waals surface area contributed by atoms with Crippen molar-refractivity contribution in [2.75, 3.05) is 44.2 Å². The molecule has 0 aliphatic carbocycles. The predicted molar refractivity (Wildman–Crippen MR) is 115 cm³/mol. The molecular formula is C24H28FN3O. The molecular weight excluding hydrogens is 365 g/mol. The van der Waals surface area contributed by atoms with Crippen LogP contribution in [0.25, 0.3) is 11.0 Å². The Balaban J connectivity index is 1.17. The summed E-state index contributed by atoms with van der Waals surface area (Å²) in [7, 11) is 0. The molecule has 29 heavy (non-hydrogen) atoms. The second kappa shape index (κ2) is 8.17. The van der Waals surface area contributed by atoms with Gasteiger partial charge in [0.25, 0.3) is 0 Å². The Morgan fingerprint density at radius 1 is 0.931 bits per heavy atom. The van der Waals surface area contributed by atoms with Crippen LogP contribution >= 0.6 is 0 Å². The number of piperazine rings is 1. The van der Waals surface area contributed by atoms with Gasteiger partial charge in [0, 0.05) is 49.8 Å². The summed E-state index contributed by atoms with van der Waals surface area (Å²) in [5.41, 5.74) is 2.11. The molecule has 5 heteroatoms. The highest BCUT2D eigenvalue weighted by Gasteiger charge is 2.28. The number of hydrogen-bond acceptors (Lipinski definition) is 4. The van der Waals surface area contributed by atoms with Crippen molar-refractivity contribution in [3.8, 4) is 0 Å². The molecule has 1 atom stereocenters. The fourth-order valence-corrected chi connectivity index (χ4v) is 4.81. The molecule has 0 amide bonds. The second-order valence-corrected chi connectivity index (χ2v) is 8.28. The molecule has 2 aromatic carbocycles. The summed E-state index contributed by atoms with van der Waals surface area (Å²) in [6, 6.07) is 17.9. The molecule has 0 bridgehead atoms. The number of para-hydroxylation sites is 1. The van der Waals surface area contributed by atoms with E-state index in [-0.39, 0.29) is 5.82 Å². The Bertz CT molecular complexity index is 913. The molecule has 152 valence electrons. The lowest BCUT2D eigenvalue weighted by Crippen LogP contribution is -2.55. The van der Waals surface area contributed by atoms with E-state index in [1.807, 2.05) is 24.3 Å². The van der Waals surface area contributed by atoms with Crippen LogP contribution in [0.3, 0.4) is 0 Å². The summed E-state index contributed by atoms with van der Waals surface area (Å²) in [5, 5.41) is 1.19. The number of piperidine rings is 1. The van der Waals surface area contributed by atoms with Crippen molar-refractivity contribution in [3.63, 3.8) is 0 Å². The average Bonchev–Trinajstić information content (AvgIpc) is 3.17. The van der Waals surface area contributed by atoms with Gasteiger partial charge in [-0.2, -0.15) is 0 Å². The molecule has 2 saturated heterocycles. The van der Waals surface area contributed by atoms with Crippen LogP contribution in [0.15, 0.2) is 59.0 Å². The number of hydrogen-bond donors (Lipinski definition) is 0. The number of anilines is 1. The van der Waals surface area contributed by atoms with E-state index in [9.17, 15) is 4.39 Å². The first-order valence-corrected chi connectivity index (χ1v) is 10.7. The SMILES string of the molecule is Fc1ccc(N2CCN([C@H]3CCCN(Cc4cc5ccccc5o4)C3)CC2)cc1. The standard InChI is InChI=1S/C24H28FN3O/c25-20-7-9-21(10-8-20)27-12-14-28(15-13-27)22-5-3-11-26(17-22)18-23-16-19-4-1-2-6-24(19)29-23/h1-2,4,6-10,16,22H,3,5,11-15,17-18H2/t22-/m0/s1. The summed E-state index contributed by atoms with van der Waals surface area (Å²) in [6.45, 7) is 7.29. The number of nitrogens with zero attached hydrogens (tertiary/aromatic N) is 3. The van der Waals surface area contributed by atoms with Crippen LogP contribution < -0.4 is 4.90 Å². The molecule has 3 heterocycles. The van der Waals surface area contributed by atoms with Crippen LogP contribution in [-0.4, -0.2) is 55.1 Å². The summed E-state index contributed by atoms with van der Waals surface area (Å²) in [6.07, 6.45) is 2.51. The monoisotopic (exact) mass is 393 g/mol. The zero-order valence-corrected chi connectivity index (χ0v) is 16.8. The lowest BCUT2D eigenvalue weighted by Gasteiger charge is -2.43. The summed E-state index contributed by atoms with van der Waals surface area (Å²) >= 11 is 0. The predicted octanol–water partition coefficient (Wildman–Crippen LogP) is 4.36. The van der Waals surface area contributed by atoms with Crippen molar-refractivity contribution >= 4 is 16.7 Å². The van der Waals surface area contributed by atoms with E-state index in [0.717, 1.165) is 62.8 Å². The van der Waals surface area contributed by atoms with Crippen LogP contribution in [0.4, 0.5) is 10.1 Å². The van der Waals surface area contributed by atoms with Gasteiger partial charge in [0.1, 0.15) is 17.2 Å². The third-order valence-electron chi connectivity index (χ3n) is 6.36. The summed E-state index contributed by atoms with van der Waals surface area (Å²) < 4.78 is 19.2. The van der Waals surface area contributed by atoms with E-state index in [2.05, 4.69) is 32.9 Å². The van der Waals surface area contributed by atoms with Crippen molar-refractivity contribution in [2.45, 2.75) is 25.4 Å². The number of benzene rings is 2. The average molecular weight is 394 g/mol. The van der Waals surface area contributed by atoms with Crippen molar-refractivity contribution in [1.82, 2.24) is 9.80 Å². The van der Waals surface area contributed by atoms with Gasteiger partial charge in [0.05, 0.1) is 6.54 Å². The van der Waals surface area contributed by atoms with Crippen molar-refractivity contribution in [1.29, 1.82) is 0 Å². The van der Waals surface area contributed by atoms with Crippen LogP contribution in [0.2, 0.25) is 0 Å². The van der Waals surface area contributed by atoms with Crippen LogP contribution in [0.5, 0.6) is 0 Å². The van der Waals surface area contributed by atoms with E-state index < -0.39 is 0 Å². The number of fused-ring (bicyclic) bond motifs is 1. The topological polar surface area (TPSA) is 22.9 Å². The van der Waals surface area contributed by atoms with Gasteiger partial charge in [0.2, 0.25) is 0 Å². The van der Waals surface area contributed by atoms with E-state index in [4.69, 9.17) is 4.42 Å². The Labute approximate surface area is 171 Å². The quantitative estimate of drug-likeness (QED) is 0.657. The van der Waals surface area contributed by atoms with E-state index in [1.54, 1.807) is 12.1 Å². The minimum Gasteiger partial charge on any atom is -0.460 e. The molecule has 5 rings (SSSR count). The molecule has 0 saturated carbocycles. The summed E-state index contributed by atoms with van der Waals surface area (Å²) in [5.74, 6) is 0.895. The molecule has 0 N–H and O–H groups in total. The van der Waals surface area contributed by atoms with Gasteiger partial charge in [-0.1, -0.05) is 18.2 Å². The highest BCUT2D eigenvalue weighted by atomic mass is 19.1. The molecule has 2 fully saturated rings. The molecule has 1 aromatic heterocycles. The Hall–Kier alpha value is -2.37. The van der Waals surface area contributed by atoms with E-state index >= 15 is 0 Å². The van der Waals surface area contributed by atoms with Gasteiger partial charge in [-0.3, -0.25) is 9.80 Å². The molecule has 0 spiro atoms. The number of furan rings is 1. The molecule has 3 aromatic rings. The normalized spacial score (nSPS) is 21.7. The van der Waals surface area contributed by atoms with Crippen molar-refractivity contribution in [3.05, 3.63) is 66.2 Å². The van der Waals surface area contributed by atoms with Crippen LogP contribution in [0.1, 0.15) is 18.6 Å². The first-order chi connectivity index (χ1) is 14.2. The Morgan fingerprint density at radius 3 is 2.52 bits per heavy atom. The smallest absolute Gasteiger partial charge is 0.134 e. The lowest BCUT2D eigenvalue weighted by atomic mass is 10.0. The number of rotatable bonds is 4. The summed E-state index contributed by atoms with van der Waals surface area (Å²) in [4.78, 5) is 7.55. The van der Waals surface area contributed by atoms with Crippen molar-refractivity contribution < 1.29 is 8.81 Å². The minimum atomic E-state index is -0.167. The maximum atomic E-state index is 13.2. The van der Waals surface area contributed by atoms with Gasteiger partial charge in [-0.05, 0) is 55.8 Å².